The van der Waals surface area contributed by atoms with E-state index in [4.69, 9.17) is 14.2 Å². The van der Waals surface area contributed by atoms with E-state index in [1.807, 2.05) is 18.2 Å². The van der Waals surface area contributed by atoms with Gasteiger partial charge in [-0.25, -0.2) is 0 Å². The van der Waals surface area contributed by atoms with Crippen molar-refractivity contribution in [3.05, 3.63) is 58.9 Å². The maximum Gasteiger partial charge on any atom is 0.259 e. The Balaban J connectivity index is 1.87. The molecule has 0 aliphatic carbocycles. The molecule has 3 aromatic rings. The Morgan fingerprint density at radius 1 is 1.03 bits per heavy atom. The van der Waals surface area contributed by atoms with Crippen molar-refractivity contribution in [2.24, 2.45) is 0 Å². The van der Waals surface area contributed by atoms with Gasteiger partial charge >= 0.3 is 0 Å². The van der Waals surface area contributed by atoms with Crippen LogP contribution in [-0.2, 0) is 9.59 Å². The Morgan fingerprint density at radius 3 is 2.34 bits per heavy atom. The van der Waals surface area contributed by atoms with Crippen LogP contribution in [0.4, 0.5) is 5.69 Å². The lowest BCUT2D eigenvalue weighted by atomic mass is 9.83. The largest absolute Gasteiger partial charge is 0.496 e. The lowest BCUT2D eigenvalue weighted by molar-refractivity contribution is -0.139. The van der Waals surface area contributed by atoms with E-state index in [1.54, 1.807) is 27.4 Å². The van der Waals surface area contributed by atoms with Gasteiger partial charge in [0.1, 0.15) is 5.75 Å². The number of carbonyl (C=O) groups is 2. The van der Waals surface area contributed by atoms with E-state index in [-0.39, 0.29) is 24.4 Å². The van der Waals surface area contributed by atoms with Gasteiger partial charge in [0, 0.05) is 53.5 Å². The monoisotopic (exact) mass is 475 g/mol. The number of ether oxygens (including phenoxy) is 3. The molecular weight excluding hydrogens is 446 g/mol. The van der Waals surface area contributed by atoms with Crippen molar-refractivity contribution in [2.75, 3.05) is 33.2 Å². The quantitative estimate of drug-likeness (QED) is 0.587. The number of anilines is 1. The highest BCUT2D eigenvalue weighted by Gasteiger charge is 2.43. The molecular formula is C27H29N3O5. The Morgan fingerprint density at radius 2 is 1.71 bits per heavy atom. The third-order valence-electron chi connectivity index (χ3n) is 6.87. The topological polar surface area (TPSA) is 82.0 Å². The maximum atomic E-state index is 13.7. The minimum absolute atomic E-state index is 0.195. The molecule has 0 saturated heterocycles. The van der Waals surface area contributed by atoms with E-state index in [1.165, 1.54) is 11.8 Å². The zero-order valence-corrected chi connectivity index (χ0v) is 20.8. The van der Waals surface area contributed by atoms with Crippen LogP contribution in [0.15, 0.2) is 47.8 Å². The molecule has 5 rings (SSSR count). The Hall–Kier alpha value is -3.94. The second-order valence-electron chi connectivity index (χ2n) is 9.09. The van der Waals surface area contributed by atoms with Crippen LogP contribution in [0, 0.1) is 0 Å². The fourth-order valence-corrected chi connectivity index (χ4v) is 5.26. The molecule has 8 nitrogen and oxygen atoms in total. The molecule has 2 amide bonds. The van der Waals surface area contributed by atoms with Crippen molar-refractivity contribution in [3.63, 3.8) is 0 Å². The number of hydrogen-bond donors (Lipinski definition) is 1. The standard InChI is InChI=1S/C27H29N3O5/c1-14(2)29-12-17-24(16-10-22(34-5)23(35-6)11-21(16)33-4)26-19(13-30(15(3)31)27(26)32)28-18-8-7-9-20(29)25(17)18/h7-12,14,24,28H,13H2,1-6H3/t24-/m0/s1. The van der Waals surface area contributed by atoms with E-state index < -0.39 is 5.92 Å². The third kappa shape index (κ3) is 3.35. The van der Waals surface area contributed by atoms with Gasteiger partial charge in [-0.3, -0.25) is 14.5 Å². The summed E-state index contributed by atoms with van der Waals surface area (Å²) in [6, 6.07) is 9.95. The molecule has 0 saturated carbocycles. The molecule has 1 aromatic heterocycles. The minimum atomic E-state index is -0.491. The van der Waals surface area contributed by atoms with Crippen LogP contribution in [0.2, 0.25) is 0 Å². The molecule has 2 aliphatic rings. The number of methoxy groups -OCH3 is 3. The first-order chi connectivity index (χ1) is 16.8. The smallest absolute Gasteiger partial charge is 0.259 e. The average Bonchev–Trinajstić information content (AvgIpc) is 3.34. The first kappa shape index (κ1) is 22.8. The molecule has 3 heterocycles. The number of rotatable bonds is 5. The van der Waals surface area contributed by atoms with Gasteiger partial charge in [-0.05, 0) is 37.6 Å². The highest BCUT2D eigenvalue weighted by molar-refractivity contribution is 6.11. The van der Waals surface area contributed by atoms with Crippen LogP contribution in [0.25, 0.3) is 10.9 Å². The molecule has 182 valence electrons. The van der Waals surface area contributed by atoms with Crippen LogP contribution in [0.3, 0.4) is 0 Å². The summed E-state index contributed by atoms with van der Waals surface area (Å²) < 4.78 is 19.1. The Labute approximate surface area is 204 Å². The fraction of sp³-hybridized carbons (Fsp3) is 0.333. The summed E-state index contributed by atoms with van der Waals surface area (Å²) >= 11 is 0. The van der Waals surface area contributed by atoms with Gasteiger partial charge in [-0.15, -0.1) is 0 Å². The molecule has 2 aliphatic heterocycles. The number of benzene rings is 2. The summed E-state index contributed by atoms with van der Waals surface area (Å²) in [4.78, 5) is 27.3. The summed E-state index contributed by atoms with van der Waals surface area (Å²) in [7, 11) is 4.74. The number of hydrogen-bond acceptors (Lipinski definition) is 6. The lowest BCUT2D eigenvalue weighted by Crippen LogP contribution is -2.33. The molecule has 8 heteroatoms. The fourth-order valence-electron chi connectivity index (χ4n) is 5.26. The number of amides is 2. The molecule has 0 fully saturated rings. The van der Waals surface area contributed by atoms with E-state index in [9.17, 15) is 9.59 Å². The van der Waals surface area contributed by atoms with Crippen LogP contribution in [0.1, 0.15) is 43.9 Å². The molecule has 0 spiro atoms. The van der Waals surface area contributed by atoms with Crippen molar-refractivity contribution < 1.29 is 23.8 Å². The maximum absolute atomic E-state index is 13.7. The second kappa shape index (κ2) is 8.37. The molecule has 35 heavy (non-hydrogen) atoms. The van der Waals surface area contributed by atoms with Crippen molar-refractivity contribution >= 4 is 28.4 Å². The highest BCUT2D eigenvalue weighted by Crippen LogP contribution is 2.50. The molecule has 1 N–H and O–H groups in total. The van der Waals surface area contributed by atoms with E-state index >= 15 is 0 Å². The van der Waals surface area contributed by atoms with Gasteiger partial charge in [-0.2, -0.15) is 0 Å². The molecule has 2 aromatic carbocycles. The molecule has 1 atom stereocenters. The zero-order valence-electron chi connectivity index (χ0n) is 20.8. The highest BCUT2D eigenvalue weighted by atomic mass is 16.5. The normalized spacial score (nSPS) is 16.9. The second-order valence-corrected chi connectivity index (χ2v) is 9.09. The van der Waals surface area contributed by atoms with E-state index in [0.717, 1.165) is 27.7 Å². The van der Waals surface area contributed by atoms with Crippen molar-refractivity contribution in [1.29, 1.82) is 0 Å². The molecule has 0 bridgehead atoms. The van der Waals surface area contributed by atoms with Gasteiger partial charge < -0.3 is 24.1 Å². The summed E-state index contributed by atoms with van der Waals surface area (Å²) in [6.07, 6.45) is 2.11. The van der Waals surface area contributed by atoms with Crippen molar-refractivity contribution in [1.82, 2.24) is 9.47 Å². The third-order valence-corrected chi connectivity index (χ3v) is 6.87. The Kier molecular flexibility index (Phi) is 5.46. The van der Waals surface area contributed by atoms with E-state index in [2.05, 4.69) is 36.0 Å². The predicted octanol–water partition coefficient (Wildman–Crippen LogP) is 4.45. The number of imide groups is 1. The number of carbonyl (C=O) groups excluding carboxylic acids is 2. The SMILES string of the molecule is COc1cc(OC)c([C@@H]2C3=C(CN(C(C)=O)C3=O)Nc3cccc4c3c2cn4C(C)C)cc1OC. The van der Waals surface area contributed by atoms with Crippen LogP contribution >= 0.6 is 0 Å². The molecule has 0 radical (unpaired) electrons. The Bertz CT molecular complexity index is 1400. The van der Waals surface area contributed by atoms with Crippen LogP contribution in [-0.4, -0.2) is 49.2 Å². The summed E-state index contributed by atoms with van der Waals surface area (Å²) in [6.45, 7) is 5.87. The zero-order chi connectivity index (χ0) is 25.0. The first-order valence-electron chi connectivity index (χ1n) is 11.6. The summed E-state index contributed by atoms with van der Waals surface area (Å²) in [5, 5.41) is 4.54. The summed E-state index contributed by atoms with van der Waals surface area (Å²) in [5.41, 5.74) is 4.95. The van der Waals surface area contributed by atoms with E-state index in [0.29, 0.717) is 28.5 Å². The van der Waals surface area contributed by atoms with Gasteiger partial charge in [0.2, 0.25) is 5.91 Å². The number of aromatic nitrogens is 1. The van der Waals surface area contributed by atoms with Crippen molar-refractivity contribution in [2.45, 2.75) is 32.7 Å². The summed E-state index contributed by atoms with van der Waals surface area (Å²) in [5.74, 6) is 0.543. The van der Waals surface area contributed by atoms with Crippen LogP contribution < -0.4 is 19.5 Å². The number of nitrogens with one attached hydrogen (secondary N) is 1. The van der Waals surface area contributed by atoms with Crippen LogP contribution in [0.5, 0.6) is 17.2 Å². The first-order valence-corrected chi connectivity index (χ1v) is 11.6. The number of nitrogens with zero attached hydrogens (tertiary/aromatic N) is 2. The molecule has 0 unspecified atom stereocenters. The van der Waals surface area contributed by atoms with Gasteiger partial charge in [0.05, 0.1) is 39.0 Å². The van der Waals surface area contributed by atoms with Crippen molar-refractivity contribution in [3.8, 4) is 17.2 Å². The van der Waals surface area contributed by atoms with Gasteiger partial charge in [0.15, 0.2) is 11.5 Å². The van der Waals surface area contributed by atoms with Gasteiger partial charge in [0.25, 0.3) is 5.91 Å². The van der Waals surface area contributed by atoms with Gasteiger partial charge in [-0.1, -0.05) is 6.07 Å². The predicted molar refractivity (Wildman–Crippen MR) is 133 cm³/mol. The average molecular weight is 476 g/mol. The lowest BCUT2D eigenvalue weighted by Gasteiger charge is -2.23. The minimum Gasteiger partial charge on any atom is -0.496 e.